The molecule has 3 atom stereocenters. The molecule has 0 bridgehead atoms. The van der Waals surface area contributed by atoms with Crippen LogP contribution in [0.5, 0.6) is 0 Å². The standard InChI is InChI=1S/C15H25NOP/c1-11-12(8-6-10-16-11)15(17)13-7-5-9-14(13)18(2,3)4/h6,8,10,13-15,17H,5,7,9H2,1-4H3/q+1. The van der Waals surface area contributed by atoms with Gasteiger partial charge < -0.3 is 5.11 Å². The van der Waals surface area contributed by atoms with Gasteiger partial charge in [0.2, 0.25) is 0 Å². The Kier molecular flexibility index (Phi) is 4.08. The van der Waals surface area contributed by atoms with E-state index in [0.717, 1.165) is 17.7 Å². The first-order valence-corrected chi connectivity index (χ1v) is 10.0. The van der Waals surface area contributed by atoms with Crippen molar-refractivity contribution in [2.45, 2.75) is 37.9 Å². The Bertz CT molecular complexity index is 413. The zero-order valence-electron chi connectivity index (χ0n) is 11.9. The summed E-state index contributed by atoms with van der Waals surface area (Å²) < 4.78 is 0. The summed E-state index contributed by atoms with van der Waals surface area (Å²) in [6.07, 6.45) is 5.19. The summed E-state index contributed by atoms with van der Waals surface area (Å²) in [5.74, 6) is 0.432. The van der Waals surface area contributed by atoms with Gasteiger partial charge in [0.25, 0.3) is 0 Å². The minimum atomic E-state index is -0.889. The third-order valence-electron chi connectivity index (χ3n) is 4.30. The normalized spacial score (nSPS) is 26.3. The lowest BCUT2D eigenvalue weighted by Crippen LogP contribution is -2.24. The van der Waals surface area contributed by atoms with Gasteiger partial charge in [-0.05, 0) is 32.3 Å². The second-order valence-electron chi connectivity index (χ2n) is 6.40. The summed E-state index contributed by atoms with van der Waals surface area (Å²) in [6, 6.07) is 3.96. The maximum atomic E-state index is 10.7. The first-order valence-electron chi connectivity index (χ1n) is 6.82. The highest BCUT2D eigenvalue weighted by molar-refractivity contribution is 7.74. The van der Waals surface area contributed by atoms with Gasteiger partial charge in [-0.25, -0.2) is 0 Å². The summed E-state index contributed by atoms with van der Waals surface area (Å²) in [5, 5.41) is 10.7. The van der Waals surface area contributed by atoms with E-state index in [4.69, 9.17) is 0 Å². The lowest BCUT2D eigenvalue weighted by atomic mass is 9.93. The quantitative estimate of drug-likeness (QED) is 0.849. The molecule has 1 aliphatic rings. The molecule has 1 fully saturated rings. The minimum absolute atomic E-state index is 0.328. The molecular formula is C15H25NOP+. The van der Waals surface area contributed by atoms with Crippen LogP contribution in [0.4, 0.5) is 0 Å². The van der Waals surface area contributed by atoms with Gasteiger partial charge in [-0.3, -0.25) is 4.98 Å². The fourth-order valence-electron chi connectivity index (χ4n) is 3.34. The van der Waals surface area contributed by atoms with Gasteiger partial charge in [0.15, 0.2) is 0 Å². The van der Waals surface area contributed by atoms with Crippen molar-refractivity contribution >= 4 is 7.26 Å². The molecule has 1 aliphatic carbocycles. The summed E-state index contributed by atoms with van der Waals surface area (Å²) in [6.45, 7) is 9.20. The molecule has 2 rings (SSSR count). The zero-order chi connectivity index (χ0) is 13.3. The van der Waals surface area contributed by atoms with Gasteiger partial charge in [0, 0.05) is 50.6 Å². The fraction of sp³-hybridized carbons (Fsp3) is 0.667. The molecule has 0 aliphatic heterocycles. The Balaban J connectivity index is 2.23. The summed E-state index contributed by atoms with van der Waals surface area (Å²) in [7, 11) is -0.889. The number of aliphatic hydroxyl groups excluding tert-OH is 1. The molecule has 18 heavy (non-hydrogen) atoms. The fourth-order valence-corrected chi connectivity index (χ4v) is 5.76. The van der Waals surface area contributed by atoms with Crippen molar-refractivity contribution < 1.29 is 5.11 Å². The maximum absolute atomic E-state index is 10.7. The van der Waals surface area contributed by atoms with Crippen LogP contribution in [0.15, 0.2) is 18.3 Å². The van der Waals surface area contributed by atoms with Crippen LogP contribution in [-0.2, 0) is 0 Å². The molecule has 1 aromatic rings. The molecule has 0 saturated heterocycles. The number of nitrogens with zero attached hydrogens (tertiary/aromatic N) is 1. The van der Waals surface area contributed by atoms with Crippen molar-refractivity contribution in [1.29, 1.82) is 0 Å². The van der Waals surface area contributed by atoms with Crippen LogP contribution < -0.4 is 0 Å². The average Bonchev–Trinajstić information content (AvgIpc) is 2.77. The summed E-state index contributed by atoms with van der Waals surface area (Å²) in [5.41, 5.74) is 2.72. The first-order chi connectivity index (χ1) is 8.41. The monoisotopic (exact) mass is 266 g/mol. The molecule has 0 amide bonds. The average molecular weight is 266 g/mol. The molecule has 1 N–H and O–H groups in total. The van der Waals surface area contributed by atoms with Crippen LogP contribution >= 0.6 is 7.26 Å². The van der Waals surface area contributed by atoms with Gasteiger partial charge in [-0.15, -0.1) is 0 Å². The molecule has 0 radical (unpaired) electrons. The van der Waals surface area contributed by atoms with Crippen molar-refractivity contribution in [3.8, 4) is 0 Å². The summed E-state index contributed by atoms with van der Waals surface area (Å²) >= 11 is 0. The largest absolute Gasteiger partial charge is 0.388 e. The number of hydrogen-bond acceptors (Lipinski definition) is 2. The molecule has 100 valence electrons. The Morgan fingerprint density at radius 1 is 1.33 bits per heavy atom. The molecule has 0 aromatic carbocycles. The van der Waals surface area contributed by atoms with Crippen molar-refractivity contribution in [1.82, 2.24) is 4.98 Å². The van der Waals surface area contributed by atoms with Gasteiger partial charge in [-0.2, -0.15) is 0 Å². The Hall–Kier alpha value is -0.460. The Morgan fingerprint density at radius 2 is 2.06 bits per heavy atom. The van der Waals surface area contributed by atoms with E-state index in [9.17, 15) is 5.11 Å². The first kappa shape index (κ1) is 14.0. The van der Waals surface area contributed by atoms with Gasteiger partial charge in [0.05, 0.1) is 11.8 Å². The van der Waals surface area contributed by atoms with Crippen molar-refractivity contribution in [2.75, 3.05) is 20.0 Å². The number of aromatic nitrogens is 1. The van der Waals surface area contributed by atoms with Crippen LogP contribution in [0.1, 0.15) is 36.6 Å². The van der Waals surface area contributed by atoms with Crippen molar-refractivity contribution in [3.05, 3.63) is 29.6 Å². The number of hydrogen-bond donors (Lipinski definition) is 1. The summed E-state index contributed by atoms with van der Waals surface area (Å²) in [4.78, 5) is 4.31. The molecule has 3 unspecified atom stereocenters. The molecule has 1 aromatic heterocycles. The lowest BCUT2D eigenvalue weighted by Gasteiger charge is -2.30. The highest BCUT2D eigenvalue weighted by Gasteiger charge is 2.44. The van der Waals surface area contributed by atoms with Crippen LogP contribution in [0.3, 0.4) is 0 Å². The van der Waals surface area contributed by atoms with E-state index < -0.39 is 7.26 Å². The Morgan fingerprint density at radius 3 is 2.67 bits per heavy atom. The van der Waals surface area contributed by atoms with Gasteiger partial charge in [-0.1, -0.05) is 6.07 Å². The third-order valence-corrected chi connectivity index (χ3v) is 6.93. The zero-order valence-corrected chi connectivity index (χ0v) is 12.8. The molecule has 1 heterocycles. The van der Waals surface area contributed by atoms with E-state index in [0.29, 0.717) is 11.6 Å². The topological polar surface area (TPSA) is 33.1 Å². The smallest absolute Gasteiger partial charge is 0.0873 e. The van der Waals surface area contributed by atoms with E-state index in [-0.39, 0.29) is 6.10 Å². The second-order valence-corrected chi connectivity index (χ2v) is 11.3. The number of rotatable bonds is 3. The molecule has 3 heteroatoms. The van der Waals surface area contributed by atoms with Crippen LogP contribution in [0, 0.1) is 12.8 Å². The third kappa shape index (κ3) is 2.75. The van der Waals surface area contributed by atoms with E-state index in [1.807, 2.05) is 19.1 Å². The maximum Gasteiger partial charge on any atom is 0.0873 e. The predicted octanol–water partition coefficient (Wildman–Crippen LogP) is 3.50. The predicted molar refractivity (Wildman–Crippen MR) is 79.8 cm³/mol. The van der Waals surface area contributed by atoms with Crippen molar-refractivity contribution in [2.24, 2.45) is 5.92 Å². The molecule has 2 nitrogen and oxygen atoms in total. The molecular weight excluding hydrogens is 241 g/mol. The second kappa shape index (κ2) is 5.27. The number of pyridine rings is 1. The van der Waals surface area contributed by atoms with Crippen LogP contribution in [0.25, 0.3) is 0 Å². The van der Waals surface area contributed by atoms with E-state index in [1.165, 1.54) is 12.8 Å². The van der Waals surface area contributed by atoms with E-state index >= 15 is 0 Å². The lowest BCUT2D eigenvalue weighted by molar-refractivity contribution is 0.112. The molecule has 1 saturated carbocycles. The highest BCUT2D eigenvalue weighted by Crippen LogP contribution is 2.61. The van der Waals surface area contributed by atoms with Gasteiger partial charge in [0.1, 0.15) is 0 Å². The number of aryl methyl sites for hydroxylation is 1. The highest BCUT2D eigenvalue weighted by atomic mass is 31.2. The van der Waals surface area contributed by atoms with E-state index in [1.54, 1.807) is 6.20 Å². The minimum Gasteiger partial charge on any atom is -0.388 e. The van der Waals surface area contributed by atoms with Crippen molar-refractivity contribution in [3.63, 3.8) is 0 Å². The van der Waals surface area contributed by atoms with E-state index in [2.05, 4.69) is 25.0 Å². The van der Waals surface area contributed by atoms with Gasteiger partial charge >= 0.3 is 0 Å². The SMILES string of the molecule is Cc1ncccc1C(O)C1CCCC1[P+](C)(C)C. The van der Waals surface area contributed by atoms with Crippen LogP contribution in [0.2, 0.25) is 0 Å². The number of aliphatic hydroxyl groups is 1. The van der Waals surface area contributed by atoms with Crippen LogP contribution in [-0.4, -0.2) is 35.7 Å². The Labute approximate surface area is 111 Å². The molecule has 0 spiro atoms.